The fourth-order valence-corrected chi connectivity index (χ4v) is 2.35. The van der Waals surface area contributed by atoms with Crippen molar-refractivity contribution in [3.8, 4) is 5.75 Å². The molecule has 2 aromatic rings. The van der Waals surface area contributed by atoms with E-state index in [1.807, 2.05) is 18.3 Å². The van der Waals surface area contributed by atoms with Gasteiger partial charge in [-0.15, -0.1) is 0 Å². The lowest BCUT2D eigenvalue weighted by molar-refractivity contribution is 0.0543. The van der Waals surface area contributed by atoms with Crippen molar-refractivity contribution in [3.63, 3.8) is 0 Å². The van der Waals surface area contributed by atoms with Crippen molar-refractivity contribution in [1.29, 1.82) is 0 Å². The minimum Gasteiger partial charge on any atom is -0.497 e. The number of nitrogens with zero attached hydrogens (tertiary/aromatic N) is 3. The molecule has 1 aliphatic rings. The molecule has 1 atom stereocenters. The van der Waals surface area contributed by atoms with Gasteiger partial charge in [-0.1, -0.05) is 0 Å². The Morgan fingerprint density at radius 1 is 1.56 bits per heavy atom. The Bertz CT molecular complexity index is 532. The smallest absolute Gasteiger partial charge is 0.159 e. The molecular weight excluding hydrogens is 230 g/mol. The molecule has 0 radical (unpaired) electrons. The number of aromatic nitrogens is 3. The summed E-state index contributed by atoms with van der Waals surface area (Å²) in [6, 6.07) is 3.78. The number of fused-ring (bicyclic) bond motifs is 1. The molecule has 1 unspecified atom stereocenters. The van der Waals surface area contributed by atoms with Crippen LogP contribution in [-0.2, 0) is 11.2 Å². The molecule has 0 bridgehead atoms. The lowest BCUT2D eigenvalue weighted by Gasteiger charge is -2.20. The SMILES string of the molecule is COc1ccn2nc(CC3CCCOC3)nc2c1. The number of hydrogen-bond donors (Lipinski definition) is 0. The molecule has 0 aromatic carbocycles. The van der Waals surface area contributed by atoms with Gasteiger partial charge >= 0.3 is 0 Å². The van der Waals surface area contributed by atoms with Crippen molar-refractivity contribution >= 4 is 5.65 Å². The maximum Gasteiger partial charge on any atom is 0.159 e. The van der Waals surface area contributed by atoms with Crippen LogP contribution >= 0.6 is 0 Å². The van der Waals surface area contributed by atoms with Crippen LogP contribution in [0.3, 0.4) is 0 Å². The molecule has 1 fully saturated rings. The Balaban J connectivity index is 1.79. The molecule has 0 spiro atoms. The topological polar surface area (TPSA) is 48.7 Å². The molecule has 0 amide bonds. The largest absolute Gasteiger partial charge is 0.497 e. The minimum atomic E-state index is 0.554. The second-order valence-electron chi connectivity index (χ2n) is 4.68. The molecule has 0 saturated carbocycles. The lowest BCUT2D eigenvalue weighted by Crippen LogP contribution is -2.19. The molecule has 0 N–H and O–H groups in total. The Labute approximate surface area is 106 Å². The van der Waals surface area contributed by atoms with E-state index >= 15 is 0 Å². The van der Waals surface area contributed by atoms with Gasteiger partial charge in [-0.05, 0) is 24.8 Å². The highest BCUT2D eigenvalue weighted by atomic mass is 16.5. The molecule has 5 heteroatoms. The van der Waals surface area contributed by atoms with Crippen molar-refractivity contribution in [2.24, 2.45) is 5.92 Å². The molecule has 96 valence electrons. The van der Waals surface area contributed by atoms with Crippen LogP contribution in [0, 0.1) is 5.92 Å². The number of hydrogen-bond acceptors (Lipinski definition) is 4. The van der Waals surface area contributed by atoms with E-state index in [1.54, 1.807) is 11.6 Å². The Hall–Kier alpha value is -1.62. The molecule has 1 aliphatic heterocycles. The fraction of sp³-hybridized carbons (Fsp3) is 0.538. The van der Waals surface area contributed by atoms with Gasteiger partial charge in [0, 0.05) is 31.9 Å². The number of ether oxygens (including phenoxy) is 2. The summed E-state index contributed by atoms with van der Waals surface area (Å²) in [7, 11) is 1.66. The summed E-state index contributed by atoms with van der Waals surface area (Å²) in [5.41, 5.74) is 0.834. The van der Waals surface area contributed by atoms with Crippen molar-refractivity contribution in [2.75, 3.05) is 20.3 Å². The van der Waals surface area contributed by atoms with Crippen molar-refractivity contribution in [3.05, 3.63) is 24.2 Å². The Morgan fingerprint density at radius 2 is 2.50 bits per heavy atom. The van der Waals surface area contributed by atoms with E-state index in [0.717, 1.165) is 43.3 Å². The number of rotatable bonds is 3. The zero-order valence-electron chi connectivity index (χ0n) is 10.5. The first kappa shape index (κ1) is 11.5. The maximum absolute atomic E-state index is 5.48. The maximum atomic E-state index is 5.48. The molecule has 1 saturated heterocycles. The van der Waals surface area contributed by atoms with E-state index in [0.29, 0.717) is 5.92 Å². The molecule has 3 rings (SSSR count). The third-order valence-electron chi connectivity index (χ3n) is 3.31. The number of methoxy groups -OCH3 is 1. The molecule has 5 nitrogen and oxygen atoms in total. The predicted molar refractivity (Wildman–Crippen MR) is 66.8 cm³/mol. The quantitative estimate of drug-likeness (QED) is 0.828. The summed E-state index contributed by atoms with van der Waals surface area (Å²) in [6.07, 6.45) is 5.12. The second kappa shape index (κ2) is 4.94. The average molecular weight is 247 g/mol. The summed E-state index contributed by atoms with van der Waals surface area (Å²) in [5, 5.41) is 4.48. The van der Waals surface area contributed by atoms with Crippen LogP contribution in [0.2, 0.25) is 0 Å². The monoisotopic (exact) mass is 247 g/mol. The first-order valence-electron chi connectivity index (χ1n) is 6.32. The normalized spacial score (nSPS) is 20.2. The van der Waals surface area contributed by atoms with Crippen LogP contribution in [0.4, 0.5) is 0 Å². The molecule has 18 heavy (non-hydrogen) atoms. The van der Waals surface area contributed by atoms with Gasteiger partial charge < -0.3 is 9.47 Å². The fourth-order valence-electron chi connectivity index (χ4n) is 2.35. The minimum absolute atomic E-state index is 0.554. The van der Waals surface area contributed by atoms with Crippen molar-refractivity contribution < 1.29 is 9.47 Å². The molecule has 0 aliphatic carbocycles. The highest BCUT2D eigenvalue weighted by Gasteiger charge is 2.17. The summed E-state index contributed by atoms with van der Waals surface area (Å²) in [4.78, 5) is 4.53. The highest BCUT2D eigenvalue weighted by Crippen LogP contribution is 2.18. The zero-order chi connectivity index (χ0) is 12.4. The summed E-state index contributed by atoms with van der Waals surface area (Å²) in [6.45, 7) is 1.73. The van der Waals surface area contributed by atoms with E-state index in [9.17, 15) is 0 Å². The Morgan fingerprint density at radius 3 is 3.28 bits per heavy atom. The zero-order valence-corrected chi connectivity index (χ0v) is 10.5. The predicted octanol–water partition coefficient (Wildman–Crippen LogP) is 1.71. The van der Waals surface area contributed by atoms with Crippen LogP contribution < -0.4 is 4.74 Å². The van der Waals surface area contributed by atoms with Crippen molar-refractivity contribution in [2.45, 2.75) is 19.3 Å². The van der Waals surface area contributed by atoms with Crippen LogP contribution in [0.25, 0.3) is 5.65 Å². The van der Waals surface area contributed by atoms with Gasteiger partial charge in [-0.3, -0.25) is 0 Å². The van der Waals surface area contributed by atoms with E-state index in [2.05, 4.69) is 10.1 Å². The first-order chi connectivity index (χ1) is 8.85. The second-order valence-corrected chi connectivity index (χ2v) is 4.68. The van der Waals surface area contributed by atoms with E-state index in [-0.39, 0.29) is 0 Å². The van der Waals surface area contributed by atoms with Crippen LogP contribution in [0.15, 0.2) is 18.3 Å². The third-order valence-corrected chi connectivity index (χ3v) is 3.31. The molecular formula is C13H17N3O2. The van der Waals surface area contributed by atoms with E-state index in [4.69, 9.17) is 9.47 Å². The summed E-state index contributed by atoms with van der Waals surface area (Å²) < 4.78 is 12.5. The standard InChI is InChI=1S/C13H17N3O2/c1-17-11-4-5-16-13(8-11)14-12(15-16)7-10-3-2-6-18-9-10/h4-5,8,10H,2-3,6-7,9H2,1H3. The van der Waals surface area contributed by atoms with Gasteiger partial charge in [0.2, 0.25) is 0 Å². The van der Waals surface area contributed by atoms with Gasteiger partial charge in [0.15, 0.2) is 11.5 Å². The average Bonchev–Trinajstić information content (AvgIpc) is 2.80. The highest BCUT2D eigenvalue weighted by molar-refractivity contribution is 5.43. The van der Waals surface area contributed by atoms with Gasteiger partial charge in [-0.2, -0.15) is 5.10 Å². The lowest BCUT2D eigenvalue weighted by atomic mass is 9.98. The van der Waals surface area contributed by atoms with Gasteiger partial charge in [-0.25, -0.2) is 9.50 Å². The first-order valence-corrected chi connectivity index (χ1v) is 6.32. The third kappa shape index (κ3) is 2.31. The van der Waals surface area contributed by atoms with Crippen molar-refractivity contribution in [1.82, 2.24) is 14.6 Å². The van der Waals surface area contributed by atoms with E-state index < -0.39 is 0 Å². The van der Waals surface area contributed by atoms with Gasteiger partial charge in [0.1, 0.15) is 5.75 Å². The van der Waals surface area contributed by atoms with Crippen LogP contribution in [0.1, 0.15) is 18.7 Å². The van der Waals surface area contributed by atoms with Gasteiger partial charge in [0.25, 0.3) is 0 Å². The van der Waals surface area contributed by atoms with Crippen LogP contribution in [0.5, 0.6) is 5.75 Å². The Kier molecular flexibility index (Phi) is 3.15. The molecule has 3 heterocycles. The van der Waals surface area contributed by atoms with E-state index in [1.165, 1.54) is 6.42 Å². The summed E-state index contributed by atoms with van der Waals surface area (Å²) in [5.74, 6) is 2.25. The van der Waals surface area contributed by atoms with Crippen LogP contribution in [-0.4, -0.2) is 34.9 Å². The summed E-state index contributed by atoms with van der Waals surface area (Å²) >= 11 is 0. The van der Waals surface area contributed by atoms with Gasteiger partial charge in [0.05, 0.1) is 7.11 Å². The molecule has 2 aromatic heterocycles. The number of pyridine rings is 1.